The van der Waals surface area contributed by atoms with Crippen LogP contribution < -0.4 is 15.4 Å². The second-order valence-electron chi connectivity index (χ2n) is 15.4. The summed E-state index contributed by atoms with van der Waals surface area (Å²) in [5.41, 5.74) is -0.350. The number of anilines is 2. The van der Waals surface area contributed by atoms with E-state index in [2.05, 4.69) is 64.3 Å². The molecule has 11 heteroatoms. The Hall–Kier alpha value is -3.92. The Balaban J connectivity index is 1.89. The second-order valence-corrected chi connectivity index (χ2v) is 16.0. The third-order valence-electron chi connectivity index (χ3n) is 9.41. The predicted octanol–water partition coefficient (Wildman–Crippen LogP) is 8.10. The average molecular weight is 698 g/mol. The zero-order valence-electron chi connectivity index (χ0n) is 30.9. The largest absolute Gasteiger partial charge is 0.480 e. The van der Waals surface area contributed by atoms with Gasteiger partial charge in [0.2, 0.25) is 0 Å². The highest BCUT2D eigenvalue weighted by atomic mass is 35.5. The van der Waals surface area contributed by atoms with E-state index in [1.807, 2.05) is 13.0 Å². The number of carbonyl (C=O) groups is 5. The number of imide groups is 1. The number of rotatable bonds is 13. The fourth-order valence-electron chi connectivity index (χ4n) is 5.29. The smallest absolute Gasteiger partial charge is 0.420 e. The highest BCUT2D eigenvalue weighted by Gasteiger charge is 2.64. The van der Waals surface area contributed by atoms with E-state index >= 15 is 0 Å². The van der Waals surface area contributed by atoms with Crippen LogP contribution in [0.15, 0.2) is 42.5 Å². The molecular formula is C38H52ClN3O7. The first-order chi connectivity index (χ1) is 22.5. The van der Waals surface area contributed by atoms with Crippen LogP contribution >= 0.6 is 11.6 Å². The molecule has 0 bridgehead atoms. The van der Waals surface area contributed by atoms with E-state index < -0.39 is 51.7 Å². The lowest BCUT2D eigenvalue weighted by Crippen LogP contribution is -2.63. The molecule has 49 heavy (non-hydrogen) atoms. The van der Waals surface area contributed by atoms with Crippen molar-refractivity contribution in [1.29, 1.82) is 0 Å². The first-order valence-electron chi connectivity index (χ1n) is 16.8. The molecule has 0 radical (unpaired) electrons. The van der Waals surface area contributed by atoms with Gasteiger partial charge in [-0.05, 0) is 73.8 Å². The lowest BCUT2D eigenvalue weighted by molar-refractivity contribution is -0.148. The summed E-state index contributed by atoms with van der Waals surface area (Å²) < 4.78 is 11.5. The normalized spacial score (nSPS) is 16.8. The topological polar surface area (TPSA) is 131 Å². The monoisotopic (exact) mass is 697 g/mol. The summed E-state index contributed by atoms with van der Waals surface area (Å²) in [7, 11) is 0. The molecule has 1 fully saturated rings. The van der Waals surface area contributed by atoms with Crippen LogP contribution in [0.3, 0.4) is 0 Å². The number of cyclic esters (lactones) is 1. The van der Waals surface area contributed by atoms with Crippen LogP contribution in [0.1, 0.15) is 113 Å². The molecule has 1 aliphatic rings. The molecule has 2 aromatic rings. The van der Waals surface area contributed by atoms with Crippen LogP contribution in [0.25, 0.3) is 0 Å². The molecule has 10 nitrogen and oxygen atoms in total. The van der Waals surface area contributed by atoms with Crippen molar-refractivity contribution in [2.24, 2.45) is 5.41 Å². The quantitative estimate of drug-likeness (QED) is 0.123. The third-order valence-corrected chi connectivity index (χ3v) is 9.92. The Morgan fingerprint density at radius 2 is 1.45 bits per heavy atom. The highest BCUT2D eigenvalue weighted by Crippen LogP contribution is 2.40. The van der Waals surface area contributed by atoms with Crippen LogP contribution in [0, 0.1) is 5.41 Å². The summed E-state index contributed by atoms with van der Waals surface area (Å²) in [6.45, 7) is 22.1. The number of nitrogens with zero attached hydrogens (tertiary/aromatic N) is 1. The Labute approximate surface area is 295 Å². The fraction of sp³-hybridized carbons (Fsp3) is 0.553. The van der Waals surface area contributed by atoms with Crippen LogP contribution in [0.5, 0.6) is 5.75 Å². The van der Waals surface area contributed by atoms with Gasteiger partial charge in [0.15, 0.2) is 17.5 Å². The van der Waals surface area contributed by atoms with Crippen molar-refractivity contribution in [2.45, 2.75) is 130 Å². The van der Waals surface area contributed by atoms with E-state index in [9.17, 15) is 24.0 Å². The van der Waals surface area contributed by atoms with Crippen molar-refractivity contribution in [3.05, 3.63) is 53.6 Å². The minimum Gasteiger partial charge on any atom is -0.480 e. The van der Waals surface area contributed by atoms with Gasteiger partial charge >= 0.3 is 6.09 Å². The standard InChI is InChI=1S/C38H52ClN3O7/c1-13-27(48-28-20-19-23(35(7,8)14-2)21-26(28)36(9,10)15-3)29(43)40-24-17-16-18-25(22-24)41-31(45)38(39,30(44)34(4,5)6)42-32(46)37(11,12)49-33(42)47/h16-22,27H,13-15H2,1-12H3,(H,40,43)(H,41,45). The number of hydrogen-bond acceptors (Lipinski definition) is 7. The predicted molar refractivity (Wildman–Crippen MR) is 192 cm³/mol. The van der Waals surface area contributed by atoms with Gasteiger partial charge in [0.1, 0.15) is 5.75 Å². The van der Waals surface area contributed by atoms with E-state index in [1.54, 1.807) is 12.1 Å². The van der Waals surface area contributed by atoms with Crippen LogP contribution in [0.2, 0.25) is 0 Å². The maximum atomic E-state index is 13.8. The zero-order chi connectivity index (χ0) is 37.3. The van der Waals surface area contributed by atoms with Gasteiger partial charge < -0.3 is 20.1 Å². The summed E-state index contributed by atoms with van der Waals surface area (Å²) >= 11 is 6.71. The fourth-order valence-corrected chi connectivity index (χ4v) is 5.77. The number of ether oxygens (including phenoxy) is 2. The number of halogens is 1. The van der Waals surface area contributed by atoms with Crippen LogP contribution in [-0.4, -0.2) is 51.2 Å². The van der Waals surface area contributed by atoms with Gasteiger partial charge in [-0.3, -0.25) is 19.2 Å². The number of carbonyl (C=O) groups excluding carboxylic acids is 5. The minimum atomic E-state index is -2.74. The molecule has 2 aromatic carbocycles. The average Bonchev–Trinajstić information content (AvgIpc) is 3.23. The summed E-state index contributed by atoms with van der Waals surface area (Å²) in [4.78, 5) is 64.5. The maximum Gasteiger partial charge on any atom is 0.420 e. The van der Waals surface area contributed by atoms with Crippen LogP contribution in [0.4, 0.5) is 16.2 Å². The van der Waals surface area contributed by atoms with Gasteiger partial charge in [-0.25, -0.2) is 9.69 Å². The molecule has 3 rings (SSSR count). The summed E-state index contributed by atoms with van der Waals surface area (Å²) in [6.07, 6.45) is 0.190. The number of hydrogen-bond donors (Lipinski definition) is 2. The van der Waals surface area contributed by atoms with Gasteiger partial charge in [0, 0.05) is 22.4 Å². The van der Waals surface area contributed by atoms with Crippen molar-refractivity contribution < 1.29 is 33.4 Å². The van der Waals surface area contributed by atoms with Crippen molar-refractivity contribution in [3.63, 3.8) is 0 Å². The van der Waals surface area contributed by atoms with E-state index in [1.165, 1.54) is 52.3 Å². The molecule has 0 spiro atoms. The minimum absolute atomic E-state index is 0.0217. The Bertz CT molecular complexity index is 1630. The van der Waals surface area contributed by atoms with Gasteiger partial charge in [0.25, 0.3) is 22.7 Å². The number of nitrogens with one attached hydrogen (secondary N) is 2. The molecule has 0 aliphatic carbocycles. The maximum absolute atomic E-state index is 13.8. The van der Waals surface area contributed by atoms with Crippen molar-refractivity contribution in [2.75, 3.05) is 10.6 Å². The van der Waals surface area contributed by atoms with E-state index in [4.69, 9.17) is 21.1 Å². The summed E-state index contributed by atoms with van der Waals surface area (Å²) in [6, 6.07) is 12.4. The third kappa shape index (κ3) is 8.11. The Kier molecular flexibility index (Phi) is 11.4. The molecule has 2 N–H and O–H groups in total. The van der Waals surface area contributed by atoms with Gasteiger partial charge in [0.05, 0.1) is 0 Å². The van der Waals surface area contributed by atoms with Crippen molar-refractivity contribution in [3.8, 4) is 5.75 Å². The van der Waals surface area contributed by atoms with E-state index in [0.717, 1.165) is 18.4 Å². The number of benzene rings is 2. The Morgan fingerprint density at radius 3 is 1.94 bits per heavy atom. The molecule has 0 aromatic heterocycles. The summed E-state index contributed by atoms with van der Waals surface area (Å²) in [5, 5.41) is 5.41. The molecule has 4 amide bonds. The van der Waals surface area contributed by atoms with E-state index in [-0.39, 0.29) is 16.5 Å². The van der Waals surface area contributed by atoms with Gasteiger partial charge in [-0.15, -0.1) is 0 Å². The van der Waals surface area contributed by atoms with Gasteiger partial charge in [-0.1, -0.05) is 99.0 Å². The molecule has 0 saturated carbocycles. The molecule has 268 valence electrons. The van der Waals surface area contributed by atoms with Crippen molar-refractivity contribution >= 4 is 52.6 Å². The zero-order valence-corrected chi connectivity index (χ0v) is 31.7. The first kappa shape index (κ1) is 39.5. The molecule has 1 saturated heterocycles. The van der Waals surface area contributed by atoms with Crippen LogP contribution in [-0.2, 0) is 34.7 Å². The van der Waals surface area contributed by atoms with Gasteiger partial charge in [-0.2, -0.15) is 0 Å². The lowest BCUT2D eigenvalue weighted by Gasteiger charge is -2.35. The molecule has 2 atom stereocenters. The lowest BCUT2D eigenvalue weighted by atomic mass is 9.76. The molecule has 1 heterocycles. The second kappa shape index (κ2) is 14.1. The SMILES string of the molecule is CCC(Oc1ccc(C(C)(C)CC)cc1C(C)(C)CC)C(=O)Nc1cccc(NC(=O)C(Cl)(C(=O)C(C)(C)C)N2C(=O)OC(C)(C)C2=O)c1. The first-order valence-corrected chi connectivity index (χ1v) is 17.2. The van der Waals surface area contributed by atoms with E-state index in [0.29, 0.717) is 22.8 Å². The molecule has 1 aliphatic heterocycles. The number of amides is 4. The molecular weight excluding hydrogens is 646 g/mol. The highest BCUT2D eigenvalue weighted by molar-refractivity contribution is 6.50. The molecule has 2 unspecified atom stereocenters. The Morgan fingerprint density at radius 1 is 0.878 bits per heavy atom. The van der Waals surface area contributed by atoms with Crippen molar-refractivity contribution in [1.82, 2.24) is 4.90 Å². The number of alkyl halides is 1. The summed E-state index contributed by atoms with van der Waals surface area (Å²) in [5.74, 6) is -2.69. The number of ketones is 1. The number of Topliss-reactive ketones (excluding diaryl/α,β-unsaturated/α-hetero) is 1.